The summed E-state index contributed by atoms with van der Waals surface area (Å²) < 4.78 is 8.85. The molecule has 6 atom stereocenters. The Labute approximate surface area is 332 Å². The van der Waals surface area contributed by atoms with Gasteiger partial charge in [0.15, 0.2) is 0 Å². The zero-order chi connectivity index (χ0) is 39.6. The van der Waals surface area contributed by atoms with Crippen LogP contribution in [0, 0.1) is 17.8 Å². The van der Waals surface area contributed by atoms with Gasteiger partial charge in [0, 0.05) is 54.0 Å². The lowest BCUT2D eigenvalue weighted by Gasteiger charge is -2.49. The second-order valence-electron chi connectivity index (χ2n) is 16.0. The summed E-state index contributed by atoms with van der Waals surface area (Å²) in [7, 11) is 2.03. The highest BCUT2D eigenvalue weighted by atomic mass is 79.9. The molecule has 3 amide bonds. The summed E-state index contributed by atoms with van der Waals surface area (Å²) in [4.78, 5) is 74.6. The van der Waals surface area contributed by atoms with Crippen LogP contribution in [0.3, 0.4) is 0 Å². The van der Waals surface area contributed by atoms with E-state index in [4.69, 9.17) is 4.74 Å². The number of hydrogen-bond acceptors (Lipinski definition) is 9. The van der Waals surface area contributed by atoms with Crippen LogP contribution in [0.1, 0.15) is 71.4 Å². The van der Waals surface area contributed by atoms with E-state index in [0.29, 0.717) is 25.9 Å². The van der Waals surface area contributed by atoms with E-state index in [0.717, 1.165) is 46.3 Å². The van der Waals surface area contributed by atoms with Gasteiger partial charge in [-0.2, -0.15) is 0 Å². The summed E-state index contributed by atoms with van der Waals surface area (Å²) in [5, 5.41) is 16.3. The predicted octanol–water partition coefficient (Wildman–Crippen LogP) is 3.64. The second kappa shape index (κ2) is 15.0. The van der Waals surface area contributed by atoms with Crippen molar-refractivity contribution in [3.8, 4) is 0 Å². The maximum atomic E-state index is 14.4. The standard InChI is InChI=1S/C32H40BrN5O5.C7H10N2O2S/c1-16(2)12-24-29(40)37-11-7-10-25(37)32(42)38(24)30(41)31(43-32,17(3)4)35-28(39)18-13-20-19-8-6-9-22-26(19)21(27(33)34-22)14-23(20)36(5)15-18;1-2-5-12-9-4-3-6(10)8-7(9)11/h6,8-9,13,16-18,23-25,34,42H,7,10-12,14-15H2,1-5H3,(H,35,39);3-4H,2,5H2,1H3,(H,8,10,11)/t18-,23-,24+,25+,31-,32+;/m1./s1. The van der Waals surface area contributed by atoms with Crippen molar-refractivity contribution >= 4 is 62.1 Å². The molecule has 5 aliphatic rings. The summed E-state index contributed by atoms with van der Waals surface area (Å²) in [5.74, 6) is -3.15. The van der Waals surface area contributed by atoms with E-state index in [-0.39, 0.29) is 35.0 Å². The predicted molar refractivity (Wildman–Crippen MR) is 214 cm³/mol. The summed E-state index contributed by atoms with van der Waals surface area (Å²) >= 11 is 5.09. The molecule has 3 aromatic rings. The minimum atomic E-state index is -2.01. The minimum absolute atomic E-state index is 0.104. The number of aliphatic hydroxyl groups is 1. The third kappa shape index (κ3) is 6.70. The quantitative estimate of drug-likeness (QED) is 0.264. The molecule has 4 aliphatic heterocycles. The van der Waals surface area contributed by atoms with Crippen LogP contribution in [0.5, 0.6) is 0 Å². The first-order valence-electron chi connectivity index (χ1n) is 19.2. The van der Waals surface area contributed by atoms with Gasteiger partial charge in [-0.05, 0) is 95.7 Å². The molecule has 14 nitrogen and oxygen atoms in total. The number of nitrogens with zero attached hydrogens (tertiary/aromatic N) is 4. The molecular formula is C39H50BrN7O7S. The molecule has 16 heteroatoms. The van der Waals surface area contributed by atoms with Crippen molar-refractivity contribution in [2.75, 3.05) is 25.9 Å². The van der Waals surface area contributed by atoms with E-state index in [1.165, 1.54) is 44.0 Å². The first-order valence-corrected chi connectivity index (χ1v) is 20.9. The van der Waals surface area contributed by atoms with Gasteiger partial charge >= 0.3 is 5.69 Å². The van der Waals surface area contributed by atoms with Crippen molar-refractivity contribution in [3.63, 3.8) is 0 Å². The van der Waals surface area contributed by atoms with E-state index in [9.17, 15) is 29.1 Å². The average Bonchev–Trinajstić information content (AvgIpc) is 3.82. The highest BCUT2D eigenvalue weighted by molar-refractivity contribution is 9.10. The summed E-state index contributed by atoms with van der Waals surface area (Å²) in [5.41, 5.74) is 1.96. The Hall–Kier alpha value is -3.70. The molecule has 8 rings (SSSR count). The third-order valence-corrected chi connectivity index (χ3v) is 13.3. The fourth-order valence-corrected chi connectivity index (χ4v) is 10.1. The van der Waals surface area contributed by atoms with Crippen LogP contribution in [0.25, 0.3) is 16.5 Å². The van der Waals surface area contributed by atoms with Crippen LogP contribution in [-0.4, -0.2) is 107 Å². The van der Waals surface area contributed by atoms with Crippen molar-refractivity contribution in [3.05, 3.63) is 73.1 Å². The molecule has 2 aromatic heterocycles. The average molecular weight is 841 g/mol. The molecule has 0 radical (unpaired) electrons. The Kier molecular flexibility index (Phi) is 10.8. The van der Waals surface area contributed by atoms with E-state index < -0.39 is 41.5 Å². The molecule has 6 heterocycles. The molecule has 3 fully saturated rings. The van der Waals surface area contributed by atoms with Crippen LogP contribution in [-0.2, 0) is 25.5 Å². The number of fused-ring (bicyclic) bond motifs is 5. The topological polar surface area (TPSA) is 173 Å². The first-order chi connectivity index (χ1) is 26.1. The highest BCUT2D eigenvalue weighted by Crippen LogP contribution is 2.49. The maximum absolute atomic E-state index is 14.4. The fourth-order valence-electron chi connectivity index (χ4n) is 8.84. The molecule has 4 N–H and O–H groups in total. The Morgan fingerprint density at radius 1 is 1.15 bits per heavy atom. The van der Waals surface area contributed by atoms with Gasteiger partial charge in [0.25, 0.3) is 17.4 Å². The molecule has 0 spiro atoms. The SMILES string of the molecule is CC(C)C[C@H]1C(=O)N2CCC[C@H]2[C@]2(O)O[C@](NC(=O)[C@@H]3C=C4c5cccc6[nH]c(Br)c(c56)C[C@H]4N(C)C3)(C(C)C)C(=O)N12.CCCSn1ccc(=O)[nH]c1=O. The second-order valence-corrected chi connectivity index (χ2v) is 17.8. The molecule has 0 bridgehead atoms. The van der Waals surface area contributed by atoms with Gasteiger partial charge in [-0.1, -0.05) is 52.8 Å². The van der Waals surface area contributed by atoms with Crippen LogP contribution < -0.4 is 16.6 Å². The Bertz CT molecular complexity index is 2160. The number of amides is 3. The molecule has 296 valence electrons. The number of ether oxygens (including phenoxy) is 1. The Morgan fingerprint density at radius 2 is 1.91 bits per heavy atom. The number of aromatic nitrogens is 3. The van der Waals surface area contributed by atoms with Crippen molar-refractivity contribution in [2.24, 2.45) is 17.8 Å². The van der Waals surface area contributed by atoms with Crippen molar-refractivity contribution in [1.82, 2.24) is 34.0 Å². The Balaban J connectivity index is 0.000000333. The summed E-state index contributed by atoms with van der Waals surface area (Å²) in [6.07, 6.45) is 6.97. The number of nitrogens with one attached hydrogen (secondary N) is 3. The zero-order valence-corrected chi connectivity index (χ0v) is 34.5. The summed E-state index contributed by atoms with van der Waals surface area (Å²) in [6.45, 7) is 10.6. The van der Waals surface area contributed by atoms with Crippen molar-refractivity contribution < 1.29 is 24.2 Å². The molecule has 0 unspecified atom stereocenters. The largest absolute Gasteiger partial charge is 0.349 e. The highest BCUT2D eigenvalue weighted by Gasteiger charge is 2.72. The van der Waals surface area contributed by atoms with Crippen molar-refractivity contribution in [2.45, 2.75) is 96.5 Å². The van der Waals surface area contributed by atoms with Crippen LogP contribution >= 0.6 is 27.9 Å². The lowest BCUT2D eigenvalue weighted by atomic mass is 9.79. The van der Waals surface area contributed by atoms with Crippen molar-refractivity contribution in [1.29, 1.82) is 0 Å². The molecule has 1 aliphatic carbocycles. The molecule has 55 heavy (non-hydrogen) atoms. The van der Waals surface area contributed by atoms with Gasteiger partial charge in [-0.15, -0.1) is 0 Å². The number of likely N-dealkylation sites (N-methyl/N-ethyl adjacent to an activating group) is 1. The Morgan fingerprint density at radius 3 is 2.60 bits per heavy atom. The molecular weight excluding hydrogens is 790 g/mol. The number of H-pyrrole nitrogens is 2. The fraction of sp³-hybridized carbons (Fsp3) is 0.564. The normalized spacial score (nSPS) is 28.6. The number of rotatable bonds is 8. The van der Waals surface area contributed by atoms with E-state index in [2.05, 4.69) is 48.2 Å². The molecule has 3 saturated heterocycles. The van der Waals surface area contributed by atoms with Gasteiger partial charge in [-0.3, -0.25) is 38.7 Å². The number of piperazine rings is 1. The van der Waals surface area contributed by atoms with Gasteiger partial charge in [0.1, 0.15) is 12.1 Å². The van der Waals surface area contributed by atoms with Gasteiger partial charge in [0.2, 0.25) is 17.5 Å². The van der Waals surface area contributed by atoms with Crippen LogP contribution in [0.4, 0.5) is 0 Å². The maximum Gasteiger partial charge on any atom is 0.338 e. The van der Waals surface area contributed by atoms with E-state index in [1.54, 1.807) is 18.7 Å². The van der Waals surface area contributed by atoms with Gasteiger partial charge in [-0.25, -0.2) is 8.77 Å². The monoisotopic (exact) mass is 839 g/mol. The van der Waals surface area contributed by atoms with E-state index >= 15 is 0 Å². The number of hydrogen-bond donors (Lipinski definition) is 4. The van der Waals surface area contributed by atoms with Gasteiger partial charge in [0.05, 0.1) is 10.5 Å². The lowest BCUT2D eigenvalue weighted by molar-refractivity contribution is -0.322. The molecule has 1 aromatic carbocycles. The van der Waals surface area contributed by atoms with Crippen LogP contribution in [0.2, 0.25) is 0 Å². The smallest absolute Gasteiger partial charge is 0.338 e. The number of aromatic amines is 2. The number of carbonyl (C=O) groups is 3. The molecule has 0 saturated carbocycles. The summed E-state index contributed by atoms with van der Waals surface area (Å²) in [6, 6.07) is 6.10. The van der Waals surface area contributed by atoms with Gasteiger partial charge < -0.3 is 20.3 Å². The first kappa shape index (κ1) is 39.5. The zero-order valence-electron chi connectivity index (χ0n) is 32.1. The third-order valence-electron chi connectivity index (χ3n) is 11.5. The lowest BCUT2D eigenvalue weighted by Crippen LogP contribution is -2.71. The number of halogens is 1. The van der Waals surface area contributed by atoms with Crippen LogP contribution in [0.15, 0.2) is 50.7 Å². The number of benzene rings is 1. The minimum Gasteiger partial charge on any atom is -0.349 e. The number of carbonyl (C=O) groups excluding carboxylic acids is 3. The van der Waals surface area contributed by atoms with E-state index in [1.807, 2.05) is 40.0 Å².